The van der Waals surface area contributed by atoms with Crippen molar-refractivity contribution in [3.63, 3.8) is 0 Å². The summed E-state index contributed by atoms with van der Waals surface area (Å²) in [7, 11) is -3.62. The van der Waals surface area contributed by atoms with Gasteiger partial charge >= 0.3 is 0 Å². The van der Waals surface area contributed by atoms with E-state index in [1.807, 2.05) is 0 Å². The number of anilines is 1. The highest BCUT2D eigenvalue weighted by molar-refractivity contribution is 7.92. The Morgan fingerprint density at radius 2 is 1.80 bits per heavy atom. The van der Waals surface area contributed by atoms with Crippen molar-refractivity contribution in [1.82, 2.24) is 0 Å². The molecule has 2 N–H and O–H groups in total. The van der Waals surface area contributed by atoms with Crippen molar-refractivity contribution in [2.24, 2.45) is 0 Å². The average molecular weight is 291 g/mol. The Hall–Kier alpha value is -1.85. The van der Waals surface area contributed by atoms with Gasteiger partial charge in [-0.05, 0) is 43.2 Å². The molecule has 0 aliphatic rings. The van der Waals surface area contributed by atoms with Gasteiger partial charge in [0, 0.05) is 5.69 Å². The summed E-state index contributed by atoms with van der Waals surface area (Å²) in [5.41, 5.74) is 1.79. The second kappa shape index (κ2) is 5.64. The molecule has 1 atom stereocenters. The smallest absolute Gasteiger partial charge is 0.262 e. The predicted molar refractivity (Wildman–Crippen MR) is 79.1 cm³/mol. The standard InChI is InChI=1S/C15H17NO3S/c1-11-6-3-4-9-15(11)20(18,19)16-14-8-5-7-13(10-14)12(2)17/h3-10,12,16-17H,1-2H3/t12-/m0/s1. The number of aliphatic hydroxyl groups is 1. The lowest BCUT2D eigenvalue weighted by Gasteiger charge is -2.12. The maximum atomic E-state index is 12.3. The number of nitrogens with one attached hydrogen (secondary N) is 1. The van der Waals surface area contributed by atoms with Crippen LogP contribution in [0, 0.1) is 6.92 Å². The molecule has 0 aliphatic heterocycles. The summed E-state index contributed by atoms with van der Waals surface area (Å²) in [6.45, 7) is 3.38. The van der Waals surface area contributed by atoms with Crippen molar-refractivity contribution >= 4 is 15.7 Å². The average Bonchev–Trinajstić information content (AvgIpc) is 2.38. The van der Waals surface area contributed by atoms with Crippen LogP contribution in [0.3, 0.4) is 0 Å². The second-order valence-corrected chi connectivity index (χ2v) is 6.32. The molecule has 0 radical (unpaired) electrons. The van der Waals surface area contributed by atoms with E-state index in [0.29, 0.717) is 16.8 Å². The Labute approximate surface area is 119 Å². The molecule has 0 aliphatic carbocycles. The predicted octanol–water partition coefficient (Wildman–Crippen LogP) is 2.85. The monoisotopic (exact) mass is 291 g/mol. The molecule has 0 saturated carbocycles. The maximum Gasteiger partial charge on any atom is 0.262 e. The highest BCUT2D eigenvalue weighted by atomic mass is 32.2. The second-order valence-electron chi connectivity index (χ2n) is 4.67. The Balaban J connectivity index is 2.34. The topological polar surface area (TPSA) is 66.4 Å². The zero-order valence-corrected chi connectivity index (χ0v) is 12.2. The van der Waals surface area contributed by atoms with Gasteiger partial charge in [0.25, 0.3) is 10.0 Å². The molecule has 5 heteroatoms. The van der Waals surface area contributed by atoms with Crippen LogP contribution >= 0.6 is 0 Å². The van der Waals surface area contributed by atoms with Crippen LogP contribution in [-0.2, 0) is 10.0 Å². The van der Waals surface area contributed by atoms with E-state index in [1.54, 1.807) is 62.4 Å². The summed E-state index contributed by atoms with van der Waals surface area (Å²) in [6, 6.07) is 13.5. The zero-order valence-electron chi connectivity index (χ0n) is 11.4. The molecule has 0 amide bonds. The molecule has 20 heavy (non-hydrogen) atoms. The molecule has 0 aromatic heterocycles. The van der Waals surface area contributed by atoms with Crippen LogP contribution in [0.5, 0.6) is 0 Å². The van der Waals surface area contributed by atoms with E-state index in [4.69, 9.17) is 0 Å². The summed E-state index contributed by atoms with van der Waals surface area (Å²) in [4.78, 5) is 0.252. The molecular formula is C15H17NO3S. The molecule has 2 rings (SSSR count). The first-order chi connectivity index (χ1) is 9.40. The van der Waals surface area contributed by atoms with Crippen molar-refractivity contribution < 1.29 is 13.5 Å². The number of aliphatic hydroxyl groups excluding tert-OH is 1. The number of hydrogen-bond acceptors (Lipinski definition) is 3. The van der Waals surface area contributed by atoms with Crippen LogP contribution in [0.25, 0.3) is 0 Å². The number of rotatable bonds is 4. The van der Waals surface area contributed by atoms with Crippen LogP contribution in [0.4, 0.5) is 5.69 Å². The Bertz CT molecular complexity index is 709. The largest absolute Gasteiger partial charge is 0.389 e. The van der Waals surface area contributed by atoms with Crippen molar-refractivity contribution in [3.8, 4) is 0 Å². The van der Waals surface area contributed by atoms with E-state index in [0.717, 1.165) is 0 Å². The lowest BCUT2D eigenvalue weighted by molar-refractivity contribution is 0.199. The minimum Gasteiger partial charge on any atom is -0.389 e. The molecule has 0 bridgehead atoms. The molecule has 0 saturated heterocycles. The number of hydrogen-bond donors (Lipinski definition) is 2. The fourth-order valence-electron chi connectivity index (χ4n) is 1.93. The first kappa shape index (κ1) is 14.6. The molecule has 0 fully saturated rings. The van der Waals surface area contributed by atoms with Gasteiger partial charge in [-0.15, -0.1) is 0 Å². The Morgan fingerprint density at radius 1 is 1.10 bits per heavy atom. The van der Waals surface area contributed by atoms with Gasteiger partial charge in [0.2, 0.25) is 0 Å². The summed E-state index contributed by atoms with van der Waals surface area (Å²) in [6.07, 6.45) is -0.641. The van der Waals surface area contributed by atoms with E-state index >= 15 is 0 Å². The molecule has 0 unspecified atom stereocenters. The van der Waals surface area contributed by atoms with Crippen LogP contribution in [0.15, 0.2) is 53.4 Å². The third kappa shape index (κ3) is 3.18. The first-order valence-electron chi connectivity index (χ1n) is 6.26. The van der Waals surface area contributed by atoms with Gasteiger partial charge in [-0.25, -0.2) is 8.42 Å². The van der Waals surface area contributed by atoms with Gasteiger partial charge in [0.05, 0.1) is 11.0 Å². The van der Waals surface area contributed by atoms with E-state index in [1.165, 1.54) is 0 Å². The van der Waals surface area contributed by atoms with Gasteiger partial charge in [-0.3, -0.25) is 4.72 Å². The van der Waals surface area contributed by atoms with Crippen molar-refractivity contribution in [2.45, 2.75) is 24.8 Å². The first-order valence-corrected chi connectivity index (χ1v) is 7.75. The minimum atomic E-state index is -3.62. The highest BCUT2D eigenvalue weighted by Crippen LogP contribution is 2.21. The quantitative estimate of drug-likeness (QED) is 0.910. The molecule has 0 heterocycles. The van der Waals surface area contributed by atoms with Crippen LogP contribution < -0.4 is 4.72 Å². The summed E-state index contributed by atoms with van der Waals surface area (Å²) in [5.74, 6) is 0. The molecule has 2 aromatic rings. The normalized spacial score (nSPS) is 12.9. The van der Waals surface area contributed by atoms with Gasteiger partial charge < -0.3 is 5.11 Å². The van der Waals surface area contributed by atoms with E-state index in [2.05, 4.69) is 4.72 Å². The molecule has 4 nitrogen and oxygen atoms in total. The van der Waals surface area contributed by atoms with Crippen LogP contribution in [-0.4, -0.2) is 13.5 Å². The minimum absolute atomic E-state index is 0.252. The lowest BCUT2D eigenvalue weighted by Crippen LogP contribution is -2.14. The third-order valence-electron chi connectivity index (χ3n) is 3.00. The Kier molecular flexibility index (Phi) is 4.11. The van der Waals surface area contributed by atoms with Gasteiger partial charge in [0.15, 0.2) is 0 Å². The summed E-state index contributed by atoms with van der Waals surface area (Å²) >= 11 is 0. The maximum absolute atomic E-state index is 12.3. The van der Waals surface area contributed by atoms with Crippen molar-refractivity contribution in [3.05, 3.63) is 59.7 Å². The van der Waals surface area contributed by atoms with Gasteiger partial charge in [0.1, 0.15) is 0 Å². The van der Waals surface area contributed by atoms with Gasteiger partial charge in [-0.1, -0.05) is 30.3 Å². The van der Waals surface area contributed by atoms with Crippen molar-refractivity contribution in [1.29, 1.82) is 0 Å². The molecular weight excluding hydrogens is 274 g/mol. The van der Waals surface area contributed by atoms with Crippen LogP contribution in [0.1, 0.15) is 24.2 Å². The highest BCUT2D eigenvalue weighted by Gasteiger charge is 2.16. The van der Waals surface area contributed by atoms with E-state index in [-0.39, 0.29) is 4.90 Å². The van der Waals surface area contributed by atoms with Gasteiger partial charge in [-0.2, -0.15) is 0 Å². The van der Waals surface area contributed by atoms with E-state index < -0.39 is 16.1 Å². The number of sulfonamides is 1. The van der Waals surface area contributed by atoms with Crippen LogP contribution in [0.2, 0.25) is 0 Å². The molecule has 2 aromatic carbocycles. The Morgan fingerprint density at radius 3 is 2.45 bits per heavy atom. The fraction of sp³-hybridized carbons (Fsp3) is 0.200. The molecule has 0 spiro atoms. The molecule has 106 valence electrons. The SMILES string of the molecule is Cc1ccccc1S(=O)(=O)Nc1cccc([C@H](C)O)c1. The van der Waals surface area contributed by atoms with E-state index in [9.17, 15) is 13.5 Å². The fourth-order valence-corrected chi connectivity index (χ4v) is 3.23. The lowest BCUT2D eigenvalue weighted by atomic mass is 10.1. The number of benzene rings is 2. The van der Waals surface area contributed by atoms with Crippen molar-refractivity contribution in [2.75, 3.05) is 4.72 Å². The third-order valence-corrected chi connectivity index (χ3v) is 4.55. The zero-order chi connectivity index (χ0) is 14.8. The summed E-state index contributed by atoms with van der Waals surface area (Å²) in [5, 5.41) is 9.53. The number of aryl methyl sites for hydroxylation is 1. The summed E-state index contributed by atoms with van der Waals surface area (Å²) < 4.78 is 27.2.